The number of aliphatic hydroxyl groups excluding tert-OH is 1. The van der Waals surface area contributed by atoms with Gasteiger partial charge in [0.25, 0.3) is 5.91 Å². The van der Waals surface area contributed by atoms with Gasteiger partial charge in [-0.1, -0.05) is 59.6 Å². The maximum Gasteiger partial charge on any atom is 0.308 e. The summed E-state index contributed by atoms with van der Waals surface area (Å²) in [6.07, 6.45) is 3.28. The number of aliphatic hydroxyl groups is 1. The van der Waals surface area contributed by atoms with Crippen LogP contribution in [0.25, 0.3) is 0 Å². The molecule has 278 valence electrons. The van der Waals surface area contributed by atoms with Crippen LogP contribution in [0.5, 0.6) is 0 Å². The van der Waals surface area contributed by atoms with Gasteiger partial charge in [-0.05, 0) is 68.8 Å². The van der Waals surface area contributed by atoms with Crippen LogP contribution in [0.1, 0.15) is 100 Å². The van der Waals surface area contributed by atoms with E-state index < -0.39 is 36.0 Å². The number of methoxy groups -OCH3 is 1. The summed E-state index contributed by atoms with van der Waals surface area (Å²) in [6.45, 7) is 10.5. The number of esters is 1. The molecule has 3 N–H and O–H groups in total. The van der Waals surface area contributed by atoms with Gasteiger partial charge in [0, 0.05) is 30.9 Å². The first-order valence-electron chi connectivity index (χ1n) is 17.7. The zero-order chi connectivity index (χ0) is 37.1. The van der Waals surface area contributed by atoms with E-state index in [2.05, 4.69) is 15.6 Å². The molecule has 1 aliphatic rings. The SMILES string of the molecule is CCC(C)[C@H](NC(=O)C1CCCCN1C)C(=O)N(C)C(C[C@@H](O)c1nc(C(=O)N[C@@H](Cc2ccc(F)cc2)C[C@H](C)C(=O)OC)cs1)C(C)C. The number of hydrogen-bond acceptors (Lipinski definition) is 9. The number of carbonyl (C=O) groups is 4. The lowest BCUT2D eigenvalue weighted by atomic mass is 9.92. The summed E-state index contributed by atoms with van der Waals surface area (Å²) in [5.41, 5.74) is 0.912. The van der Waals surface area contributed by atoms with Gasteiger partial charge in [0.2, 0.25) is 11.8 Å². The Hall–Kier alpha value is -3.42. The highest BCUT2D eigenvalue weighted by Crippen LogP contribution is 2.28. The standard InChI is InChI=1S/C37H56FN5O6S/c1-9-23(4)32(41-34(46)29-12-10-11-17-42(29)6)36(47)43(7)30(22(2)3)20-31(44)35-40-28(21-50-35)33(45)39-27(18-24(5)37(48)49-8)19-25-13-15-26(38)16-14-25/h13-16,21-24,27,29-32,44H,9-12,17-20H2,1-8H3,(H,39,45)(H,41,46)/t23?,24-,27+,29?,30?,31+,32-/m0/s1. The fraction of sp³-hybridized carbons (Fsp3) is 0.649. The molecule has 0 saturated carbocycles. The van der Waals surface area contributed by atoms with Gasteiger partial charge >= 0.3 is 5.97 Å². The second-order valence-corrected chi connectivity index (χ2v) is 15.0. The molecular formula is C37H56FN5O6S. The Kier molecular flexibility index (Phi) is 15.8. The number of nitrogens with zero attached hydrogens (tertiary/aromatic N) is 3. The van der Waals surface area contributed by atoms with Gasteiger partial charge in [-0.25, -0.2) is 9.37 Å². The molecule has 2 aromatic rings. The number of likely N-dealkylation sites (N-methyl/N-ethyl adjacent to an activating group) is 2. The van der Waals surface area contributed by atoms with Gasteiger partial charge in [-0.15, -0.1) is 11.3 Å². The Morgan fingerprint density at radius 2 is 1.78 bits per heavy atom. The number of ether oxygens (including phenoxy) is 1. The lowest BCUT2D eigenvalue weighted by molar-refractivity contribution is -0.145. The van der Waals surface area contributed by atoms with Crippen molar-refractivity contribution >= 4 is 35.0 Å². The topological polar surface area (TPSA) is 141 Å². The number of aromatic nitrogens is 1. The average Bonchev–Trinajstić information content (AvgIpc) is 3.60. The van der Waals surface area contributed by atoms with Crippen LogP contribution in [0.3, 0.4) is 0 Å². The predicted octanol–water partition coefficient (Wildman–Crippen LogP) is 4.74. The van der Waals surface area contributed by atoms with Gasteiger partial charge in [0.1, 0.15) is 28.7 Å². The number of benzene rings is 1. The molecule has 2 heterocycles. The fourth-order valence-electron chi connectivity index (χ4n) is 6.56. The van der Waals surface area contributed by atoms with E-state index in [0.29, 0.717) is 24.3 Å². The van der Waals surface area contributed by atoms with Crippen molar-refractivity contribution < 1.29 is 33.4 Å². The third kappa shape index (κ3) is 11.3. The summed E-state index contributed by atoms with van der Waals surface area (Å²) in [6, 6.07) is 4.15. The van der Waals surface area contributed by atoms with Crippen LogP contribution in [-0.4, -0.2) is 95.5 Å². The maximum atomic E-state index is 14.0. The third-order valence-electron chi connectivity index (χ3n) is 9.94. The quantitative estimate of drug-likeness (QED) is 0.199. The molecule has 1 aliphatic heterocycles. The van der Waals surface area contributed by atoms with Crippen molar-refractivity contribution in [3.05, 3.63) is 51.7 Å². The van der Waals surface area contributed by atoms with Crippen molar-refractivity contribution in [3.63, 3.8) is 0 Å². The molecule has 0 spiro atoms. The summed E-state index contributed by atoms with van der Waals surface area (Å²) in [4.78, 5) is 61.0. The zero-order valence-electron chi connectivity index (χ0n) is 30.8. The lowest BCUT2D eigenvalue weighted by Gasteiger charge is -2.38. The Bertz CT molecular complexity index is 1420. The van der Waals surface area contributed by atoms with Gasteiger partial charge in [0.15, 0.2) is 0 Å². The summed E-state index contributed by atoms with van der Waals surface area (Å²) in [5, 5.41) is 19.3. The van der Waals surface area contributed by atoms with E-state index in [0.717, 1.165) is 42.7 Å². The minimum Gasteiger partial charge on any atom is -0.469 e. The van der Waals surface area contributed by atoms with Crippen LogP contribution in [0, 0.1) is 23.6 Å². The zero-order valence-corrected chi connectivity index (χ0v) is 31.6. The van der Waals surface area contributed by atoms with Crippen molar-refractivity contribution in [2.45, 2.75) is 110 Å². The monoisotopic (exact) mass is 717 g/mol. The van der Waals surface area contributed by atoms with Crippen LogP contribution in [0.4, 0.5) is 4.39 Å². The van der Waals surface area contributed by atoms with E-state index in [1.54, 1.807) is 36.4 Å². The molecule has 3 amide bonds. The largest absolute Gasteiger partial charge is 0.469 e. The van der Waals surface area contributed by atoms with E-state index in [1.807, 2.05) is 39.6 Å². The summed E-state index contributed by atoms with van der Waals surface area (Å²) in [7, 11) is 4.97. The first-order chi connectivity index (χ1) is 23.7. The summed E-state index contributed by atoms with van der Waals surface area (Å²) < 4.78 is 18.4. The number of nitrogens with one attached hydrogen (secondary N) is 2. The van der Waals surface area contributed by atoms with Gasteiger partial charge in [0.05, 0.1) is 19.1 Å². The van der Waals surface area contributed by atoms with E-state index >= 15 is 0 Å². The molecule has 1 aromatic carbocycles. The first kappa shape index (κ1) is 41.0. The maximum absolute atomic E-state index is 14.0. The Morgan fingerprint density at radius 3 is 2.38 bits per heavy atom. The smallest absolute Gasteiger partial charge is 0.308 e. The van der Waals surface area contributed by atoms with E-state index in [1.165, 1.54) is 19.2 Å². The molecule has 1 aromatic heterocycles. The molecule has 11 nitrogen and oxygen atoms in total. The second-order valence-electron chi connectivity index (χ2n) is 14.1. The van der Waals surface area contributed by atoms with Crippen LogP contribution >= 0.6 is 11.3 Å². The van der Waals surface area contributed by atoms with Crippen LogP contribution in [0.2, 0.25) is 0 Å². The Morgan fingerprint density at radius 1 is 1.10 bits per heavy atom. The van der Waals surface area contributed by atoms with E-state index in [-0.39, 0.29) is 53.7 Å². The Balaban J connectivity index is 1.72. The number of piperidine rings is 1. The summed E-state index contributed by atoms with van der Waals surface area (Å²) in [5.74, 6) is -2.18. The number of carbonyl (C=O) groups excluding carboxylic acids is 4. The highest BCUT2D eigenvalue weighted by molar-refractivity contribution is 7.09. The predicted molar refractivity (Wildman–Crippen MR) is 192 cm³/mol. The number of hydrogen-bond donors (Lipinski definition) is 3. The number of rotatable bonds is 17. The minimum atomic E-state index is -1.05. The van der Waals surface area contributed by atoms with Gasteiger partial charge < -0.3 is 25.4 Å². The highest BCUT2D eigenvalue weighted by atomic mass is 32.1. The van der Waals surface area contributed by atoms with Crippen molar-refractivity contribution in [1.82, 2.24) is 25.4 Å². The first-order valence-corrected chi connectivity index (χ1v) is 18.6. The third-order valence-corrected chi connectivity index (χ3v) is 10.9. The molecule has 0 radical (unpaired) electrons. The number of halogens is 1. The molecule has 1 saturated heterocycles. The van der Waals surface area contributed by atoms with Crippen molar-refractivity contribution in [2.75, 3.05) is 27.7 Å². The van der Waals surface area contributed by atoms with Gasteiger partial charge in [-0.3, -0.25) is 24.1 Å². The lowest BCUT2D eigenvalue weighted by Crippen LogP contribution is -2.58. The second kappa shape index (κ2) is 19.3. The van der Waals surface area contributed by atoms with Gasteiger partial charge in [-0.2, -0.15) is 0 Å². The average molecular weight is 718 g/mol. The number of likely N-dealkylation sites (tertiary alicyclic amines) is 1. The van der Waals surface area contributed by atoms with E-state index in [4.69, 9.17) is 4.74 Å². The van der Waals surface area contributed by atoms with Crippen LogP contribution in [-0.2, 0) is 25.5 Å². The Labute approximate surface area is 300 Å². The molecule has 0 aliphatic carbocycles. The number of thiazole rings is 1. The molecule has 7 atom stereocenters. The van der Waals surface area contributed by atoms with Crippen molar-refractivity contribution in [1.29, 1.82) is 0 Å². The molecule has 50 heavy (non-hydrogen) atoms. The van der Waals surface area contributed by atoms with Crippen molar-refractivity contribution in [3.8, 4) is 0 Å². The van der Waals surface area contributed by atoms with Crippen LogP contribution in [0.15, 0.2) is 29.6 Å². The highest BCUT2D eigenvalue weighted by Gasteiger charge is 2.36. The minimum absolute atomic E-state index is 0.0249. The summed E-state index contributed by atoms with van der Waals surface area (Å²) >= 11 is 1.15. The molecule has 0 bridgehead atoms. The normalized spacial score (nSPS) is 18.7. The molecule has 1 fully saturated rings. The van der Waals surface area contributed by atoms with E-state index in [9.17, 15) is 28.7 Å². The fourth-order valence-corrected chi connectivity index (χ4v) is 7.35. The molecule has 13 heteroatoms. The molecule has 3 rings (SSSR count). The number of amides is 3. The van der Waals surface area contributed by atoms with Crippen LogP contribution < -0.4 is 10.6 Å². The molecular weight excluding hydrogens is 662 g/mol. The van der Waals surface area contributed by atoms with Crippen molar-refractivity contribution in [2.24, 2.45) is 17.8 Å². The molecule has 3 unspecified atom stereocenters.